The van der Waals surface area contributed by atoms with Crippen molar-refractivity contribution in [2.24, 2.45) is 17.8 Å². The van der Waals surface area contributed by atoms with Crippen molar-refractivity contribution >= 4 is 45.0 Å². The Morgan fingerprint density at radius 2 is 1.81 bits per heavy atom. The molecule has 0 radical (unpaired) electrons. The summed E-state index contributed by atoms with van der Waals surface area (Å²) >= 11 is 7.00. The zero-order valence-electron chi connectivity index (χ0n) is 24.5. The number of benzene rings is 3. The largest absolute Gasteiger partial charge is 0.508 e. The molecule has 1 aliphatic carbocycles. The molecule has 2 heterocycles. The lowest BCUT2D eigenvalue weighted by Gasteiger charge is -2.39. The highest BCUT2D eigenvalue weighted by molar-refractivity contribution is 6.34. The minimum Gasteiger partial charge on any atom is -0.508 e. The molecule has 3 aromatic carbocycles. The van der Waals surface area contributed by atoms with Crippen LogP contribution in [-0.2, 0) is 11.3 Å². The lowest BCUT2D eigenvalue weighted by atomic mass is 9.83. The Balaban J connectivity index is 1.64. The molecule has 1 saturated heterocycles. The van der Waals surface area contributed by atoms with Crippen LogP contribution in [0.2, 0.25) is 5.02 Å². The van der Waals surface area contributed by atoms with E-state index in [0.29, 0.717) is 34.7 Å². The highest BCUT2D eigenvalue weighted by Crippen LogP contribution is 2.40. The number of hydrogen-bond acceptors (Lipinski definition) is 4. The van der Waals surface area contributed by atoms with E-state index in [1.165, 1.54) is 10.6 Å². The van der Waals surface area contributed by atoms with E-state index in [9.17, 15) is 19.5 Å². The number of phenolic OH excluding ortho intramolecular Hbond substituents is 1. The van der Waals surface area contributed by atoms with Gasteiger partial charge in [-0.05, 0) is 71.5 Å². The lowest BCUT2D eigenvalue weighted by Crippen LogP contribution is -2.52. The van der Waals surface area contributed by atoms with Crippen molar-refractivity contribution in [1.82, 2.24) is 14.0 Å². The summed E-state index contributed by atoms with van der Waals surface area (Å²) in [5, 5.41) is 12.8. The molecule has 7 nitrogen and oxygen atoms in total. The molecular formula is C35H34ClN3O4. The van der Waals surface area contributed by atoms with Gasteiger partial charge in [0.1, 0.15) is 5.75 Å². The third-order valence-electron chi connectivity index (χ3n) is 8.81. The number of hydrogen-bond donors (Lipinski definition) is 1. The summed E-state index contributed by atoms with van der Waals surface area (Å²) in [5.41, 5.74) is 3.02. The smallest absolute Gasteiger partial charge is 0.321 e. The van der Waals surface area contributed by atoms with E-state index >= 15 is 0 Å². The maximum atomic E-state index is 14.1. The first-order valence-electron chi connectivity index (χ1n) is 14.6. The summed E-state index contributed by atoms with van der Waals surface area (Å²) in [6.45, 7) is 11.0. The first-order chi connectivity index (χ1) is 20.6. The normalized spacial score (nSPS) is 17.2. The van der Waals surface area contributed by atoms with Crippen LogP contribution < -0.4 is 11.1 Å². The number of allylic oxidation sites excluding steroid dienone is 4. The number of carbonyl (C=O) groups is 1. The van der Waals surface area contributed by atoms with Crippen molar-refractivity contribution in [1.29, 1.82) is 0 Å². The number of halogens is 1. The van der Waals surface area contributed by atoms with E-state index < -0.39 is 11.1 Å². The molecule has 220 valence electrons. The zero-order valence-corrected chi connectivity index (χ0v) is 25.3. The molecule has 1 unspecified atom stereocenters. The maximum absolute atomic E-state index is 14.1. The number of nitrogens with zero attached hydrogens (tertiary/aromatic N) is 3. The van der Waals surface area contributed by atoms with Crippen LogP contribution in [-0.4, -0.2) is 38.1 Å². The lowest BCUT2D eigenvalue weighted by molar-refractivity contribution is -0.132. The number of likely N-dealkylation sites (tertiary alicyclic amines) is 1. The molecule has 0 bridgehead atoms. The second-order valence-electron chi connectivity index (χ2n) is 12.0. The van der Waals surface area contributed by atoms with Crippen LogP contribution in [0, 0.1) is 17.8 Å². The first kappa shape index (κ1) is 28.7. The van der Waals surface area contributed by atoms with Crippen molar-refractivity contribution in [2.75, 3.05) is 13.1 Å². The Labute approximate surface area is 254 Å². The van der Waals surface area contributed by atoms with Crippen LogP contribution in [0.1, 0.15) is 27.2 Å². The van der Waals surface area contributed by atoms with Gasteiger partial charge in [0.25, 0.3) is 0 Å². The molecule has 1 N–H and O–H groups in total. The van der Waals surface area contributed by atoms with Crippen LogP contribution >= 0.6 is 11.6 Å². The van der Waals surface area contributed by atoms with Gasteiger partial charge in [0.15, 0.2) is 0 Å². The van der Waals surface area contributed by atoms with E-state index in [4.69, 9.17) is 11.6 Å². The highest BCUT2D eigenvalue weighted by Gasteiger charge is 2.32. The molecule has 6 rings (SSSR count). The summed E-state index contributed by atoms with van der Waals surface area (Å²) in [5.74, 6) is 0.223. The second kappa shape index (κ2) is 11.0. The van der Waals surface area contributed by atoms with Crippen LogP contribution in [0.25, 0.3) is 38.6 Å². The highest BCUT2D eigenvalue weighted by atomic mass is 35.5. The summed E-state index contributed by atoms with van der Waals surface area (Å²) in [6, 6.07) is 14.8. The fourth-order valence-electron chi connectivity index (χ4n) is 6.58. The van der Waals surface area contributed by atoms with Gasteiger partial charge in [0, 0.05) is 42.7 Å². The minimum absolute atomic E-state index is 0.00972. The van der Waals surface area contributed by atoms with Gasteiger partial charge in [-0.1, -0.05) is 68.4 Å². The number of phenols is 1. The van der Waals surface area contributed by atoms with E-state index in [-0.39, 0.29) is 36.0 Å². The molecule has 4 aromatic rings. The fourth-order valence-corrected chi connectivity index (χ4v) is 6.84. The molecule has 1 atom stereocenters. The molecule has 2 aliphatic rings. The Morgan fingerprint density at radius 1 is 1.07 bits per heavy atom. The number of amides is 1. The summed E-state index contributed by atoms with van der Waals surface area (Å²) in [6.07, 6.45) is 6.17. The van der Waals surface area contributed by atoms with Gasteiger partial charge in [-0.2, -0.15) is 0 Å². The molecule has 1 aliphatic heterocycles. The van der Waals surface area contributed by atoms with Gasteiger partial charge in [0.05, 0.1) is 16.1 Å². The number of aromatic hydroxyl groups is 1. The van der Waals surface area contributed by atoms with Gasteiger partial charge in [-0.15, -0.1) is 0 Å². The van der Waals surface area contributed by atoms with E-state index in [2.05, 4.69) is 26.5 Å². The van der Waals surface area contributed by atoms with Crippen molar-refractivity contribution in [3.63, 3.8) is 0 Å². The second-order valence-corrected chi connectivity index (χ2v) is 12.4. The predicted octanol–water partition coefficient (Wildman–Crippen LogP) is 6.45. The zero-order chi connectivity index (χ0) is 30.6. The number of fused-ring (bicyclic) bond motifs is 2. The third-order valence-corrected chi connectivity index (χ3v) is 9.12. The third kappa shape index (κ3) is 4.91. The summed E-state index contributed by atoms with van der Waals surface area (Å²) < 4.78 is 3.11. The van der Waals surface area contributed by atoms with Crippen molar-refractivity contribution < 1.29 is 9.90 Å². The van der Waals surface area contributed by atoms with E-state index in [1.54, 1.807) is 27.7 Å². The fraction of sp³-hybridized carbons (Fsp3) is 0.286. The van der Waals surface area contributed by atoms with Crippen LogP contribution in [0.5, 0.6) is 5.75 Å². The average molecular weight is 596 g/mol. The molecule has 1 amide bonds. The van der Waals surface area contributed by atoms with Crippen LogP contribution in [0.3, 0.4) is 0 Å². The van der Waals surface area contributed by atoms with Crippen LogP contribution in [0.15, 0.2) is 88.5 Å². The monoisotopic (exact) mass is 595 g/mol. The Hall–Kier alpha value is -4.36. The number of aromatic nitrogens is 2. The SMILES string of the molecule is C=CC(=O)N1CC(Cn2c(=O)c(=O)n(C3=C(C)C=CCC3C(C)C)c3cc(-c4cc(O)cc5ccccc45)c(Cl)cc32)C1. The Morgan fingerprint density at radius 3 is 2.53 bits per heavy atom. The molecule has 8 heteroatoms. The molecule has 1 fully saturated rings. The predicted molar refractivity (Wildman–Crippen MR) is 173 cm³/mol. The molecule has 0 spiro atoms. The molecule has 1 aromatic heterocycles. The van der Waals surface area contributed by atoms with Crippen molar-refractivity contribution in [3.8, 4) is 16.9 Å². The topological polar surface area (TPSA) is 84.5 Å². The van der Waals surface area contributed by atoms with E-state index in [1.807, 2.05) is 43.3 Å². The van der Waals surface area contributed by atoms with Crippen LogP contribution in [0.4, 0.5) is 0 Å². The van der Waals surface area contributed by atoms with Gasteiger partial charge < -0.3 is 14.6 Å². The van der Waals surface area contributed by atoms with Crippen molar-refractivity contribution in [3.05, 3.63) is 105 Å². The Kier molecular flexibility index (Phi) is 7.38. The maximum Gasteiger partial charge on any atom is 0.321 e. The summed E-state index contributed by atoms with van der Waals surface area (Å²) in [7, 11) is 0. The van der Waals surface area contributed by atoms with E-state index in [0.717, 1.165) is 34.0 Å². The molecule has 0 saturated carbocycles. The van der Waals surface area contributed by atoms with Gasteiger partial charge >= 0.3 is 11.1 Å². The standard InChI is InChI=1S/C35H34ClN3O4/c1-5-32(41)37-17-22(18-37)19-38-30-16-29(36)28(27-14-24(40)13-23-10-6-7-11-26(23)27)15-31(30)39(35(43)34(38)42)33-21(4)9-8-12-25(33)20(2)3/h5-11,13-16,20,22,25,40H,1,12,17-19H2,2-4H3. The number of rotatable bonds is 6. The molecule has 43 heavy (non-hydrogen) atoms. The average Bonchev–Trinajstić information content (AvgIpc) is 2.96. The Bertz CT molecular complexity index is 1990. The van der Waals surface area contributed by atoms with Crippen molar-refractivity contribution in [2.45, 2.75) is 33.7 Å². The van der Waals surface area contributed by atoms with Gasteiger partial charge in [0.2, 0.25) is 5.91 Å². The number of carbonyl (C=O) groups excluding carboxylic acids is 1. The first-order valence-corrected chi connectivity index (χ1v) is 15.0. The quantitative estimate of drug-likeness (QED) is 0.205. The summed E-state index contributed by atoms with van der Waals surface area (Å²) in [4.78, 5) is 41.7. The molecular weight excluding hydrogens is 562 g/mol. The minimum atomic E-state index is -0.620. The van der Waals surface area contributed by atoms with Gasteiger partial charge in [-0.25, -0.2) is 0 Å². The van der Waals surface area contributed by atoms with Gasteiger partial charge in [-0.3, -0.25) is 19.0 Å².